The third-order valence-corrected chi connectivity index (χ3v) is 5.21. The van der Waals surface area contributed by atoms with E-state index in [1.54, 1.807) is 11.8 Å². The summed E-state index contributed by atoms with van der Waals surface area (Å²) in [6.07, 6.45) is 2.49. The van der Waals surface area contributed by atoms with Gasteiger partial charge in [0.2, 0.25) is 0 Å². The number of hydrogen-bond donors (Lipinski definition) is 0. The van der Waals surface area contributed by atoms with Crippen molar-refractivity contribution >= 4 is 27.9 Å². The Balaban J connectivity index is 1.67. The molecule has 0 aliphatic carbocycles. The average molecular weight is 325 g/mol. The Kier molecular flexibility index (Phi) is 7.30. The highest BCUT2D eigenvalue weighted by Crippen LogP contribution is 2.23. The van der Waals surface area contributed by atoms with Crippen LogP contribution in [0.15, 0.2) is 29.3 Å². The third kappa shape index (κ3) is 6.22. The minimum atomic E-state index is 0.267. The second kappa shape index (κ2) is 9.26. The molecule has 0 bridgehead atoms. The van der Waals surface area contributed by atoms with Gasteiger partial charge in [-0.3, -0.25) is 4.99 Å². The van der Waals surface area contributed by atoms with Gasteiger partial charge in [-0.15, -0.1) is 0 Å². The predicted octanol–water partition coefficient (Wildman–Crippen LogP) is 4.47. The van der Waals surface area contributed by atoms with Crippen molar-refractivity contribution in [2.75, 3.05) is 24.7 Å². The number of benzene rings is 1. The first-order valence-corrected chi connectivity index (χ1v) is 9.44. The van der Waals surface area contributed by atoms with Crippen LogP contribution in [-0.4, -0.2) is 35.1 Å². The van der Waals surface area contributed by atoms with Crippen molar-refractivity contribution in [3.8, 4) is 11.5 Å². The largest absolute Gasteiger partial charge is 0.493 e. The van der Waals surface area contributed by atoms with Gasteiger partial charge in [0.1, 0.15) is 15.9 Å². The smallest absolute Gasteiger partial charge is 0.124 e. The zero-order valence-corrected chi connectivity index (χ0v) is 14.3. The summed E-state index contributed by atoms with van der Waals surface area (Å²) in [5.74, 6) is 3.88. The van der Waals surface area contributed by atoms with Gasteiger partial charge in [-0.1, -0.05) is 36.9 Å². The van der Waals surface area contributed by atoms with Crippen LogP contribution in [0.25, 0.3) is 0 Å². The number of nitrogens with zero attached hydrogens (tertiary/aromatic N) is 1. The van der Waals surface area contributed by atoms with Gasteiger partial charge in [-0.2, -0.15) is 0 Å². The van der Waals surface area contributed by atoms with Gasteiger partial charge in [-0.05, 0) is 37.6 Å². The first kappa shape index (κ1) is 16.6. The maximum Gasteiger partial charge on any atom is 0.124 e. The van der Waals surface area contributed by atoms with E-state index in [0.717, 1.165) is 42.4 Å². The Labute approximate surface area is 135 Å². The Morgan fingerprint density at radius 2 is 2.05 bits per heavy atom. The van der Waals surface area contributed by atoms with Gasteiger partial charge in [0, 0.05) is 11.5 Å². The number of ether oxygens (including phenoxy) is 2. The molecule has 1 aromatic carbocycles. The highest BCUT2D eigenvalue weighted by Gasteiger charge is 2.07. The first-order valence-electron chi connectivity index (χ1n) is 7.47. The van der Waals surface area contributed by atoms with E-state index in [9.17, 15) is 0 Å². The van der Waals surface area contributed by atoms with Gasteiger partial charge in [0.05, 0.1) is 19.3 Å². The fourth-order valence-corrected chi connectivity index (χ4v) is 3.90. The van der Waals surface area contributed by atoms with Gasteiger partial charge < -0.3 is 9.47 Å². The molecule has 116 valence electrons. The Hall–Kier alpha value is -0.810. The molecule has 1 aliphatic rings. The van der Waals surface area contributed by atoms with E-state index < -0.39 is 0 Å². The predicted molar refractivity (Wildman–Crippen MR) is 94.2 cm³/mol. The molecule has 3 nitrogen and oxygen atoms in total. The molecule has 1 heterocycles. The standard InChI is InChI=1S/C16H23NO2S2/c1-3-4-13(2)19-15-7-5-14(6-8-15)18-10-12-21-16-17-9-11-20-16/h5-8,13H,3-4,9-12H2,1-2H3. The summed E-state index contributed by atoms with van der Waals surface area (Å²) in [5.41, 5.74) is 0. The molecule has 1 unspecified atom stereocenters. The quantitative estimate of drug-likeness (QED) is 0.660. The summed E-state index contributed by atoms with van der Waals surface area (Å²) in [7, 11) is 0. The van der Waals surface area contributed by atoms with Crippen molar-refractivity contribution in [3.05, 3.63) is 24.3 Å². The van der Waals surface area contributed by atoms with Crippen LogP contribution in [0.3, 0.4) is 0 Å². The highest BCUT2D eigenvalue weighted by molar-refractivity contribution is 8.39. The second-order valence-electron chi connectivity index (χ2n) is 4.88. The van der Waals surface area contributed by atoms with Crippen LogP contribution in [0.5, 0.6) is 11.5 Å². The maximum absolute atomic E-state index is 5.82. The molecule has 21 heavy (non-hydrogen) atoms. The van der Waals surface area contributed by atoms with Gasteiger partial charge in [0.25, 0.3) is 0 Å². The molecule has 1 atom stereocenters. The van der Waals surface area contributed by atoms with Crippen LogP contribution in [0.4, 0.5) is 0 Å². The van der Waals surface area contributed by atoms with E-state index in [1.165, 1.54) is 4.38 Å². The Morgan fingerprint density at radius 3 is 2.71 bits per heavy atom. The zero-order chi connectivity index (χ0) is 14.9. The van der Waals surface area contributed by atoms with Crippen molar-refractivity contribution in [1.29, 1.82) is 0 Å². The van der Waals surface area contributed by atoms with E-state index in [0.29, 0.717) is 6.61 Å². The SMILES string of the molecule is CCCC(C)Oc1ccc(OCCSC2=NCCS2)cc1. The van der Waals surface area contributed by atoms with Gasteiger partial charge >= 0.3 is 0 Å². The molecule has 1 aromatic rings. The highest BCUT2D eigenvalue weighted by atomic mass is 32.2. The maximum atomic E-state index is 5.82. The van der Waals surface area contributed by atoms with Crippen molar-refractivity contribution < 1.29 is 9.47 Å². The number of hydrogen-bond acceptors (Lipinski definition) is 5. The summed E-state index contributed by atoms with van der Waals surface area (Å²) in [6.45, 7) is 5.95. The summed E-state index contributed by atoms with van der Waals surface area (Å²) >= 11 is 3.62. The molecular weight excluding hydrogens is 302 g/mol. The second-order valence-corrected chi connectivity index (χ2v) is 7.31. The Bertz CT molecular complexity index is 448. The molecule has 0 N–H and O–H groups in total. The van der Waals surface area contributed by atoms with E-state index in [2.05, 4.69) is 18.8 Å². The molecule has 0 radical (unpaired) electrons. The van der Waals surface area contributed by atoms with Gasteiger partial charge in [0.15, 0.2) is 0 Å². The number of aliphatic imine (C=N–C) groups is 1. The van der Waals surface area contributed by atoms with Crippen LogP contribution in [0.2, 0.25) is 0 Å². The summed E-state index contributed by atoms with van der Waals surface area (Å²) in [4.78, 5) is 4.40. The lowest BCUT2D eigenvalue weighted by atomic mass is 10.2. The number of rotatable bonds is 8. The monoisotopic (exact) mass is 325 g/mol. The lowest BCUT2D eigenvalue weighted by Crippen LogP contribution is -2.10. The molecule has 5 heteroatoms. The van der Waals surface area contributed by atoms with Crippen LogP contribution in [0.1, 0.15) is 26.7 Å². The normalized spacial score (nSPS) is 15.6. The van der Waals surface area contributed by atoms with Crippen LogP contribution in [-0.2, 0) is 0 Å². The van der Waals surface area contributed by atoms with E-state index in [4.69, 9.17) is 9.47 Å². The summed E-state index contributed by atoms with van der Waals surface area (Å²) in [6, 6.07) is 7.90. The average Bonchev–Trinajstić information content (AvgIpc) is 2.99. The minimum absolute atomic E-state index is 0.267. The molecule has 0 amide bonds. The van der Waals surface area contributed by atoms with Crippen molar-refractivity contribution in [2.24, 2.45) is 4.99 Å². The van der Waals surface area contributed by atoms with Crippen LogP contribution in [0, 0.1) is 0 Å². The fourth-order valence-electron chi connectivity index (χ4n) is 2.00. The topological polar surface area (TPSA) is 30.8 Å². The van der Waals surface area contributed by atoms with Gasteiger partial charge in [-0.25, -0.2) is 0 Å². The summed E-state index contributed by atoms with van der Waals surface area (Å²) in [5, 5.41) is 0. The molecule has 0 spiro atoms. The van der Waals surface area contributed by atoms with Crippen molar-refractivity contribution in [3.63, 3.8) is 0 Å². The lowest BCUT2D eigenvalue weighted by Gasteiger charge is -2.14. The number of thioether (sulfide) groups is 2. The molecule has 2 rings (SSSR count). The van der Waals surface area contributed by atoms with E-state index >= 15 is 0 Å². The third-order valence-electron chi connectivity index (χ3n) is 2.99. The van der Waals surface area contributed by atoms with E-state index in [1.807, 2.05) is 36.0 Å². The van der Waals surface area contributed by atoms with Crippen molar-refractivity contribution in [1.82, 2.24) is 0 Å². The Morgan fingerprint density at radius 1 is 1.29 bits per heavy atom. The first-order chi connectivity index (χ1) is 10.3. The zero-order valence-electron chi connectivity index (χ0n) is 12.7. The molecule has 0 saturated carbocycles. The fraction of sp³-hybridized carbons (Fsp3) is 0.562. The van der Waals surface area contributed by atoms with E-state index in [-0.39, 0.29) is 6.10 Å². The molecule has 0 saturated heterocycles. The van der Waals surface area contributed by atoms with Crippen LogP contribution < -0.4 is 9.47 Å². The molecular formula is C16H23NO2S2. The van der Waals surface area contributed by atoms with Crippen molar-refractivity contribution in [2.45, 2.75) is 32.8 Å². The molecule has 0 fully saturated rings. The van der Waals surface area contributed by atoms with Crippen LogP contribution >= 0.6 is 23.5 Å². The lowest BCUT2D eigenvalue weighted by molar-refractivity contribution is 0.209. The minimum Gasteiger partial charge on any atom is -0.493 e. The molecule has 1 aliphatic heterocycles. The summed E-state index contributed by atoms with van der Waals surface area (Å²) < 4.78 is 12.8. The molecule has 0 aromatic heterocycles.